The summed E-state index contributed by atoms with van der Waals surface area (Å²) in [6.07, 6.45) is 11.3. The van der Waals surface area contributed by atoms with Gasteiger partial charge in [0.25, 0.3) is 0 Å². The fourth-order valence-electron chi connectivity index (χ4n) is 3.54. The fraction of sp³-hybridized carbons (Fsp3) is 0.250. The van der Waals surface area contributed by atoms with Crippen LogP contribution in [0.3, 0.4) is 0 Å². The molecule has 180 valence electrons. The molecule has 0 saturated carbocycles. The molecule has 0 aliphatic carbocycles. The molecule has 11 heteroatoms. The molecule has 0 spiro atoms. The van der Waals surface area contributed by atoms with Crippen molar-refractivity contribution in [2.75, 3.05) is 32.2 Å². The van der Waals surface area contributed by atoms with Gasteiger partial charge in [0.15, 0.2) is 0 Å². The number of fused-ring (bicyclic) bond motifs is 2. The number of nitrogens with one attached hydrogen (secondary N) is 1. The van der Waals surface area contributed by atoms with Gasteiger partial charge in [-0.1, -0.05) is 0 Å². The molecule has 2 bridgehead atoms. The van der Waals surface area contributed by atoms with Crippen LogP contribution >= 0.6 is 0 Å². The first-order valence-electron chi connectivity index (χ1n) is 10.9. The Morgan fingerprint density at radius 1 is 1.17 bits per heavy atom. The summed E-state index contributed by atoms with van der Waals surface area (Å²) in [5.41, 5.74) is 5.92. The van der Waals surface area contributed by atoms with E-state index >= 15 is 0 Å². The lowest BCUT2D eigenvalue weighted by Gasteiger charge is -2.25. The van der Waals surface area contributed by atoms with Gasteiger partial charge in [-0.2, -0.15) is 10.2 Å². The highest BCUT2D eigenvalue weighted by atomic mass is 16.5. The van der Waals surface area contributed by atoms with Crippen LogP contribution in [0.1, 0.15) is 12.0 Å². The SMILES string of the molecule is C=NNC=NCCN(C1=NC2=NC(c3cnn(C)c3)=CN=C(C=C1)C2)c1cc(OC)cc(OC)c1. The molecular weight excluding hydrogens is 446 g/mol. The van der Waals surface area contributed by atoms with E-state index < -0.39 is 0 Å². The molecule has 0 amide bonds. The fourth-order valence-corrected chi connectivity index (χ4v) is 3.54. The van der Waals surface area contributed by atoms with E-state index in [2.05, 4.69) is 32.3 Å². The quantitative estimate of drug-likeness (QED) is 0.342. The third kappa shape index (κ3) is 5.88. The first-order valence-corrected chi connectivity index (χ1v) is 10.9. The van der Waals surface area contributed by atoms with Gasteiger partial charge >= 0.3 is 0 Å². The molecule has 1 aromatic heterocycles. The monoisotopic (exact) mass is 473 g/mol. The Bertz CT molecular complexity index is 1250. The number of anilines is 1. The number of rotatable bonds is 9. The Morgan fingerprint density at radius 3 is 2.66 bits per heavy atom. The molecule has 2 aliphatic rings. The Kier molecular flexibility index (Phi) is 7.46. The van der Waals surface area contributed by atoms with Gasteiger partial charge in [-0.3, -0.25) is 20.1 Å². The zero-order valence-corrected chi connectivity index (χ0v) is 19.9. The van der Waals surface area contributed by atoms with E-state index in [4.69, 9.17) is 19.5 Å². The van der Waals surface area contributed by atoms with Gasteiger partial charge in [-0.15, -0.1) is 0 Å². The van der Waals surface area contributed by atoms with Crippen LogP contribution in [-0.4, -0.2) is 67.5 Å². The predicted molar refractivity (Wildman–Crippen MR) is 140 cm³/mol. The first kappa shape index (κ1) is 23.6. The molecule has 2 aliphatic heterocycles. The number of hydrogen-bond donors (Lipinski definition) is 1. The maximum absolute atomic E-state index is 5.49. The number of methoxy groups -OCH3 is 2. The third-order valence-electron chi connectivity index (χ3n) is 5.23. The number of aromatic nitrogens is 2. The van der Waals surface area contributed by atoms with Crippen LogP contribution in [0.25, 0.3) is 5.70 Å². The molecule has 11 nitrogen and oxygen atoms in total. The Hall–Kier alpha value is -4.54. The van der Waals surface area contributed by atoms with Crippen LogP contribution in [0.15, 0.2) is 74.0 Å². The maximum atomic E-state index is 5.49. The van der Waals surface area contributed by atoms with Gasteiger partial charge < -0.3 is 14.4 Å². The van der Waals surface area contributed by atoms with Gasteiger partial charge in [0.05, 0.1) is 45.3 Å². The lowest BCUT2D eigenvalue weighted by atomic mass is 10.2. The Labute approximate surface area is 203 Å². The second-order valence-corrected chi connectivity index (χ2v) is 7.59. The average molecular weight is 474 g/mol. The van der Waals surface area contributed by atoms with Crippen molar-refractivity contribution in [2.24, 2.45) is 32.1 Å². The van der Waals surface area contributed by atoms with Crippen molar-refractivity contribution in [3.8, 4) is 11.5 Å². The van der Waals surface area contributed by atoms with Gasteiger partial charge in [-0.25, -0.2) is 9.98 Å². The number of allylic oxidation sites excluding steroid dienone is 1. The number of benzene rings is 1. The number of amidine groups is 2. The largest absolute Gasteiger partial charge is 0.497 e. The van der Waals surface area contributed by atoms with E-state index in [1.807, 2.05) is 48.5 Å². The predicted octanol–water partition coefficient (Wildman–Crippen LogP) is 2.69. The van der Waals surface area contributed by atoms with Crippen LogP contribution in [0, 0.1) is 0 Å². The van der Waals surface area contributed by atoms with Crippen molar-refractivity contribution in [2.45, 2.75) is 6.42 Å². The van der Waals surface area contributed by atoms with Gasteiger partial charge in [0.2, 0.25) is 0 Å². The lowest BCUT2D eigenvalue weighted by Crippen LogP contribution is -2.32. The van der Waals surface area contributed by atoms with Gasteiger partial charge in [0.1, 0.15) is 29.5 Å². The Balaban J connectivity index is 1.73. The van der Waals surface area contributed by atoms with Gasteiger partial charge in [-0.05, 0) is 12.2 Å². The van der Waals surface area contributed by atoms with Crippen LogP contribution in [0.5, 0.6) is 11.5 Å². The molecule has 1 aromatic carbocycles. The molecule has 0 atom stereocenters. The Morgan fingerprint density at radius 2 is 1.97 bits per heavy atom. The standard InChI is InChI=1S/C24H27N9O2/c1-25-28-16-26-7-8-33(19-10-20(34-3)12-21(11-19)35-4)24-6-5-18-9-23(31-24)30-22(14-27-18)17-13-29-32(2)15-17/h5-6,10-16H,1,7-9H2,2-4H3,(H,26,28). The molecule has 35 heavy (non-hydrogen) atoms. The lowest BCUT2D eigenvalue weighted by molar-refractivity contribution is 0.394. The minimum Gasteiger partial charge on any atom is -0.497 e. The van der Waals surface area contributed by atoms with Crippen molar-refractivity contribution in [3.63, 3.8) is 0 Å². The number of aryl methyl sites for hydroxylation is 1. The normalized spacial score (nSPS) is 14.8. The van der Waals surface area contributed by atoms with Crippen LogP contribution in [0.4, 0.5) is 5.69 Å². The van der Waals surface area contributed by atoms with Crippen molar-refractivity contribution in [1.29, 1.82) is 0 Å². The number of aliphatic imine (C=N–C) groups is 4. The molecule has 0 radical (unpaired) electrons. The summed E-state index contributed by atoms with van der Waals surface area (Å²) >= 11 is 0. The van der Waals surface area contributed by atoms with Gasteiger partial charge in [0, 0.05) is 61.7 Å². The summed E-state index contributed by atoms with van der Waals surface area (Å²) in [7, 11) is 5.11. The number of nitrogens with zero attached hydrogens (tertiary/aromatic N) is 8. The van der Waals surface area contributed by atoms with E-state index in [1.165, 1.54) is 6.34 Å². The molecule has 0 saturated heterocycles. The molecule has 0 unspecified atom stereocenters. The summed E-state index contributed by atoms with van der Waals surface area (Å²) in [4.78, 5) is 20.7. The highest BCUT2D eigenvalue weighted by molar-refractivity contribution is 6.22. The summed E-state index contributed by atoms with van der Waals surface area (Å²) < 4.78 is 12.7. The molecule has 2 aromatic rings. The average Bonchev–Trinajstić information content (AvgIpc) is 3.08. The maximum Gasteiger partial charge on any atom is 0.137 e. The minimum absolute atomic E-state index is 0.475. The van der Waals surface area contributed by atoms with Crippen LogP contribution < -0.4 is 19.8 Å². The zero-order valence-electron chi connectivity index (χ0n) is 19.9. The van der Waals surface area contributed by atoms with Crippen molar-refractivity contribution < 1.29 is 9.47 Å². The number of hydrogen-bond acceptors (Lipinski definition) is 9. The smallest absolute Gasteiger partial charge is 0.137 e. The second kappa shape index (κ2) is 11.1. The molecule has 0 fully saturated rings. The second-order valence-electron chi connectivity index (χ2n) is 7.59. The van der Waals surface area contributed by atoms with Crippen LogP contribution in [-0.2, 0) is 7.05 Å². The highest BCUT2D eigenvalue weighted by Crippen LogP contribution is 2.29. The van der Waals surface area contributed by atoms with E-state index in [1.54, 1.807) is 31.3 Å². The topological polar surface area (TPSA) is 113 Å². The van der Waals surface area contributed by atoms with Crippen molar-refractivity contribution in [1.82, 2.24) is 15.2 Å². The number of hydrazone groups is 1. The van der Waals surface area contributed by atoms with E-state index in [-0.39, 0.29) is 0 Å². The summed E-state index contributed by atoms with van der Waals surface area (Å²) in [6.45, 7) is 4.38. The molecule has 3 heterocycles. The van der Waals surface area contributed by atoms with E-state index in [0.717, 1.165) is 17.0 Å². The van der Waals surface area contributed by atoms with E-state index in [0.29, 0.717) is 48.4 Å². The molecule has 4 rings (SSSR count). The first-order chi connectivity index (χ1) is 17.1. The minimum atomic E-state index is 0.475. The summed E-state index contributed by atoms with van der Waals surface area (Å²) in [6, 6.07) is 5.68. The van der Waals surface area contributed by atoms with Crippen molar-refractivity contribution in [3.05, 3.63) is 54.5 Å². The number of ether oxygens (including phenoxy) is 2. The molecular formula is C24H27N9O2. The zero-order chi connectivity index (χ0) is 24.6. The summed E-state index contributed by atoms with van der Waals surface area (Å²) in [5.74, 6) is 2.68. The molecule has 1 N–H and O–H groups in total. The highest BCUT2D eigenvalue weighted by Gasteiger charge is 2.20. The summed E-state index contributed by atoms with van der Waals surface area (Å²) in [5, 5.41) is 7.81. The van der Waals surface area contributed by atoms with Crippen LogP contribution in [0.2, 0.25) is 0 Å². The van der Waals surface area contributed by atoms with E-state index in [9.17, 15) is 0 Å². The third-order valence-corrected chi connectivity index (χ3v) is 5.23. The van der Waals surface area contributed by atoms with Crippen molar-refractivity contribution >= 4 is 41.8 Å².